The van der Waals surface area contributed by atoms with Crippen molar-refractivity contribution in [2.75, 3.05) is 0 Å². The number of carbonyl (C=O) groups excluding carboxylic acids is 2. The summed E-state index contributed by atoms with van der Waals surface area (Å²) in [6, 6.07) is 7.30. The molecule has 0 spiro atoms. The van der Waals surface area contributed by atoms with Crippen LogP contribution in [0.2, 0.25) is 0 Å². The maximum absolute atomic E-state index is 12.5. The lowest BCUT2D eigenvalue weighted by atomic mass is 9.90. The lowest BCUT2D eigenvalue weighted by molar-refractivity contribution is -0.157. The molecule has 2 atom stereocenters. The zero-order valence-corrected chi connectivity index (χ0v) is 13.5. The van der Waals surface area contributed by atoms with Crippen LogP contribution >= 0.6 is 15.9 Å². The SMILES string of the molecule is CCC1(C)C(=O)NC(C)C(=O)N1Cc1ccccc1Br. The van der Waals surface area contributed by atoms with Crippen molar-refractivity contribution in [1.82, 2.24) is 10.2 Å². The Morgan fingerprint density at radius 3 is 2.60 bits per heavy atom. The average Bonchev–Trinajstić information content (AvgIpc) is 2.43. The summed E-state index contributed by atoms with van der Waals surface area (Å²) in [5, 5.41) is 2.76. The van der Waals surface area contributed by atoms with Crippen LogP contribution in [0.5, 0.6) is 0 Å². The molecule has 1 aromatic rings. The van der Waals surface area contributed by atoms with Crippen LogP contribution in [-0.2, 0) is 16.1 Å². The normalized spacial score (nSPS) is 26.6. The highest BCUT2D eigenvalue weighted by molar-refractivity contribution is 9.10. The standard InChI is InChI=1S/C15H19BrN2O2/c1-4-15(3)14(20)17-10(2)13(19)18(15)9-11-7-5-6-8-12(11)16/h5-8,10H,4,9H2,1-3H3,(H,17,20). The largest absolute Gasteiger partial charge is 0.343 e. The van der Waals surface area contributed by atoms with Crippen LogP contribution in [0.3, 0.4) is 0 Å². The van der Waals surface area contributed by atoms with Crippen LogP contribution in [0.4, 0.5) is 0 Å². The van der Waals surface area contributed by atoms with E-state index in [0.717, 1.165) is 10.0 Å². The Bertz CT molecular complexity index is 546. The summed E-state index contributed by atoms with van der Waals surface area (Å²) in [5.41, 5.74) is 0.209. The molecule has 1 fully saturated rings. The Morgan fingerprint density at radius 2 is 2.00 bits per heavy atom. The molecule has 1 heterocycles. The van der Waals surface area contributed by atoms with Gasteiger partial charge >= 0.3 is 0 Å². The molecule has 1 aliphatic heterocycles. The number of benzene rings is 1. The zero-order valence-electron chi connectivity index (χ0n) is 11.9. The Labute approximate surface area is 127 Å². The molecule has 1 N–H and O–H groups in total. The maximum atomic E-state index is 12.5. The molecular formula is C15H19BrN2O2. The van der Waals surface area contributed by atoms with E-state index in [-0.39, 0.29) is 11.8 Å². The van der Waals surface area contributed by atoms with Gasteiger partial charge in [-0.25, -0.2) is 0 Å². The van der Waals surface area contributed by atoms with Gasteiger partial charge in [0.2, 0.25) is 11.8 Å². The molecule has 20 heavy (non-hydrogen) atoms. The van der Waals surface area contributed by atoms with Gasteiger partial charge in [-0.1, -0.05) is 41.1 Å². The van der Waals surface area contributed by atoms with Crippen LogP contribution in [0.1, 0.15) is 32.8 Å². The van der Waals surface area contributed by atoms with Crippen molar-refractivity contribution in [2.24, 2.45) is 0 Å². The number of nitrogens with one attached hydrogen (secondary N) is 1. The summed E-state index contributed by atoms with van der Waals surface area (Å²) in [5.74, 6) is -0.121. The quantitative estimate of drug-likeness (QED) is 0.920. The van der Waals surface area contributed by atoms with E-state index in [1.165, 1.54) is 0 Å². The third kappa shape index (κ3) is 2.46. The van der Waals surface area contributed by atoms with Crippen molar-refractivity contribution < 1.29 is 9.59 Å². The van der Waals surface area contributed by atoms with E-state index in [2.05, 4.69) is 21.2 Å². The summed E-state index contributed by atoms with van der Waals surface area (Å²) in [6.45, 7) is 5.91. The molecule has 1 aliphatic rings. The first-order chi connectivity index (χ1) is 9.40. The molecule has 1 saturated heterocycles. The highest BCUT2D eigenvalue weighted by Crippen LogP contribution is 2.29. The molecule has 0 aliphatic carbocycles. The Balaban J connectivity index is 2.37. The predicted molar refractivity (Wildman–Crippen MR) is 81.0 cm³/mol. The molecule has 0 saturated carbocycles. The predicted octanol–water partition coefficient (Wildman–Crippen LogP) is 2.46. The fourth-order valence-electron chi connectivity index (χ4n) is 2.41. The number of amides is 2. The van der Waals surface area contributed by atoms with E-state index in [1.54, 1.807) is 11.8 Å². The number of carbonyl (C=O) groups is 2. The maximum Gasteiger partial charge on any atom is 0.246 e. The Morgan fingerprint density at radius 1 is 1.35 bits per heavy atom. The van der Waals surface area contributed by atoms with E-state index >= 15 is 0 Å². The number of rotatable bonds is 3. The molecule has 0 bridgehead atoms. The van der Waals surface area contributed by atoms with Gasteiger partial charge in [0.1, 0.15) is 11.6 Å². The molecular weight excluding hydrogens is 320 g/mol. The van der Waals surface area contributed by atoms with Crippen LogP contribution in [0, 0.1) is 0 Å². The molecule has 5 heteroatoms. The van der Waals surface area contributed by atoms with Gasteiger partial charge < -0.3 is 10.2 Å². The number of halogens is 1. The van der Waals surface area contributed by atoms with Crippen LogP contribution in [0.15, 0.2) is 28.7 Å². The van der Waals surface area contributed by atoms with Crippen LogP contribution in [0.25, 0.3) is 0 Å². The van der Waals surface area contributed by atoms with Crippen molar-refractivity contribution in [1.29, 1.82) is 0 Å². The molecule has 2 rings (SSSR count). The third-order valence-corrected chi connectivity index (χ3v) is 4.82. The first-order valence-electron chi connectivity index (χ1n) is 6.76. The number of hydrogen-bond donors (Lipinski definition) is 1. The van der Waals surface area contributed by atoms with Crippen molar-refractivity contribution in [3.63, 3.8) is 0 Å². The minimum Gasteiger partial charge on any atom is -0.343 e. The van der Waals surface area contributed by atoms with E-state index in [1.807, 2.05) is 38.1 Å². The summed E-state index contributed by atoms with van der Waals surface area (Å²) in [4.78, 5) is 26.4. The lowest BCUT2D eigenvalue weighted by Crippen LogP contribution is -2.68. The van der Waals surface area contributed by atoms with Crippen LogP contribution in [-0.4, -0.2) is 28.3 Å². The second-order valence-electron chi connectivity index (χ2n) is 5.34. The molecule has 4 nitrogen and oxygen atoms in total. The first kappa shape index (κ1) is 15.0. The van der Waals surface area contributed by atoms with Gasteiger partial charge in [0, 0.05) is 11.0 Å². The monoisotopic (exact) mass is 338 g/mol. The van der Waals surface area contributed by atoms with Crippen molar-refractivity contribution >= 4 is 27.7 Å². The second kappa shape index (κ2) is 5.56. The molecule has 2 amide bonds. The van der Waals surface area contributed by atoms with Gasteiger partial charge in [-0.05, 0) is 31.9 Å². The lowest BCUT2D eigenvalue weighted by Gasteiger charge is -2.45. The number of hydrogen-bond acceptors (Lipinski definition) is 2. The van der Waals surface area contributed by atoms with Gasteiger partial charge in [-0.2, -0.15) is 0 Å². The molecule has 1 aromatic carbocycles. The van der Waals surface area contributed by atoms with E-state index in [0.29, 0.717) is 13.0 Å². The van der Waals surface area contributed by atoms with Crippen LogP contribution < -0.4 is 5.32 Å². The van der Waals surface area contributed by atoms with E-state index in [9.17, 15) is 9.59 Å². The van der Waals surface area contributed by atoms with Gasteiger partial charge in [0.05, 0.1) is 0 Å². The molecule has 2 unspecified atom stereocenters. The van der Waals surface area contributed by atoms with Gasteiger partial charge in [0.15, 0.2) is 0 Å². The van der Waals surface area contributed by atoms with E-state index in [4.69, 9.17) is 0 Å². The fraction of sp³-hybridized carbons (Fsp3) is 0.467. The number of piperazine rings is 1. The minimum atomic E-state index is -0.793. The smallest absolute Gasteiger partial charge is 0.246 e. The summed E-state index contributed by atoms with van der Waals surface area (Å²) in [6.07, 6.45) is 0.585. The van der Waals surface area contributed by atoms with Crippen molar-refractivity contribution in [3.8, 4) is 0 Å². The molecule has 0 aromatic heterocycles. The highest BCUT2D eigenvalue weighted by atomic mass is 79.9. The number of nitrogens with zero attached hydrogens (tertiary/aromatic N) is 1. The van der Waals surface area contributed by atoms with Gasteiger partial charge in [-0.15, -0.1) is 0 Å². The second-order valence-corrected chi connectivity index (χ2v) is 6.19. The Hall–Kier alpha value is -1.36. The molecule has 0 radical (unpaired) electrons. The van der Waals surface area contributed by atoms with E-state index < -0.39 is 11.6 Å². The average molecular weight is 339 g/mol. The minimum absolute atomic E-state index is 0.0373. The summed E-state index contributed by atoms with van der Waals surface area (Å²) >= 11 is 3.49. The topological polar surface area (TPSA) is 49.4 Å². The third-order valence-electron chi connectivity index (χ3n) is 4.04. The highest BCUT2D eigenvalue weighted by Gasteiger charge is 2.46. The van der Waals surface area contributed by atoms with Gasteiger partial charge in [-0.3, -0.25) is 9.59 Å². The van der Waals surface area contributed by atoms with Gasteiger partial charge in [0.25, 0.3) is 0 Å². The Kier molecular flexibility index (Phi) is 4.18. The zero-order chi connectivity index (χ0) is 14.9. The summed E-state index contributed by atoms with van der Waals surface area (Å²) in [7, 11) is 0. The van der Waals surface area contributed by atoms with Crippen molar-refractivity contribution in [2.45, 2.75) is 45.3 Å². The summed E-state index contributed by atoms with van der Waals surface area (Å²) < 4.78 is 0.949. The molecule has 108 valence electrons. The first-order valence-corrected chi connectivity index (χ1v) is 7.55. The van der Waals surface area contributed by atoms with Crippen molar-refractivity contribution in [3.05, 3.63) is 34.3 Å². The fourth-order valence-corrected chi connectivity index (χ4v) is 2.82.